The monoisotopic (exact) mass is 450 g/mol. The highest BCUT2D eigenvalue weighted by molar-refractivity contribution is 7.89. The van der Waals surface area contributed by atoms with Gasteiger partial charge in [0.05, 0.1) is 13.2 Å². The Hall–Kier alpha value is -2.09. The number of sulfonamides is 1. The van der Waals surface area contributed by atoms with E-state index in [9.17, 15) is 13.2 Å². The first-order valence-corrected chi connectivity index (χ1v) is 12.0. The van der Waals surface area contributed by atoms with Crippen molar-refractivity contribution in [3.63, 3.8) is 0 Å². The smallest absolute Gasteiger partial charge is 0.251 e. The van der Waals surface area contributed by atoms with E-state index in [-0.39, 0.29) is 34.2 Å². The van der Waals surface area contributed by atoms with Crippen LogP contribution in [0.4, 0.5) is 0 Å². The fourth-order valence-corrected chi connectivity index (χ4v) is 5.44. The highest BCUT2D eigenvalue weighted by atomic mass is 35.5. The Balaban J connectivity index is 1.85. The van der Waals surface area contributed by atoms with Gasteiger partial charge in [0.25, 0.3) is 5.91 Å². The van der Waals surface area contributed by atoms with E-state index in [1.54, 1.807) is 12.1 Å². The molecular formula is C22H27ClN2O4S. The van der Waals surface area contributed by atoms with Crippen LogP contribution in [-0.2, 0) is 10.0 Å². The van der Waals surface area contributed by atoms with Crippen molar-refractivity contribution in [3.8, 4) is 5.75 Å². The van der Waals surface area contributed by atoms with Crippen LogP contribution in [0.15, 0.2) is 47.4 Å². The molecule has 0 bridgehead atoms. The average molecular weight is 451 g/mol. The number of carbonyl (C=O) groups is 1. The van der Waals surface area contributed by atoms with Gasteiger partial charge in [-0.1, -0.05) is 43.5 Å². The van der Waals surface area contributed by atoms with Crippen LogP contribution in [0.1, 0.15) is 61.0 Å². The first-order chi connectivity index (χ1) is 14.3. The minimum Gasteiger partial charge on any atom is -0.495 e. The molecule has 1 fully saturated rings. The van der Waals surface area contributed by atoms with E-state index in [1.807, 2.05) is 25.1 Å². The second-order valence-electron chi connectivity index (χ2n) is 7.46. The van der Waals surface area contributed by atoms with Crippen molar-refractivity contribution >= 4 is 27.5 Å². The fourth-order valence-electron chi connectivity index (χ4n) is 3.74. The van der Waals surface area contributed by atoms with Crippen LogP contribution in [0.3, 0.4) is 0 Å². The predicted molar refractivity (Wildman–Crippen MR) is 118 cm³/mol. The number of halogens is 1. The molecule has 30 heavy (non-hydrogen) atoms. The van der Waals surface area contributed by atoms with E-state index in [1.165, 1.54) is 19.2 Å². The number of hydrogen-bond donors (Lipinski definition) is 2. The van der Waals surface area contributed by atoms with Crippen molar-refractivity contribution in [1.82, 2.24) is 10.0 Å². The number of benzene rings is 2. The van der Waals surface area contributed by atoms with Crippen molar-refractivity contribution in [1.29, 1.82) is 0 Å². The lowest BCUT2D eigenvalue weighted by Gasteiger charge is -2.19. The molecule has 1 aliphatic carbocycles. The summed E-state index contributed by atoms with van der Waals surface area (Å²) in [7, 11) is -2.39. The summed E-state index contributed by atoms with van der Waals surface area (Å²) in [6.45, 7) is 1.96. The lowest BCUT2D eigenvalue weighted by molar-refractivity contribution is 0.0935. The number of carbonyl (C=O) groups excluding carboxylic acids is 1. The quantitative estimate of drug-likeness (QED) is 0.622. The van der Waals surface area contributed by atoms with Gasteiger partial charge in [-0.15, -0.1) is 0 Å². The Bertz CT molecular complexity index is 1000. The molecule has 8 heteroatoms. The molecule has 1 atom stereocenters. The number of ether oxygens (including phenoxy) is 1. The molecule has 0 heterocycles. The zero-order valence-corrected chi connectivity index (χ0v) is 18.7. The second kappa shape index (κ2) is 9.81. The maximum Gasteiger partial charge on any atom is 0.251 e. The van der Waals surface area contributed by atoms with E-state index in [2.05, 4.69) is 10.0 Å². The number of amides is 1. The number of nitrogens with one attached hydrogen (secondary N) is 2. The summed E-state index contributed by atoms with van der Waals surface area (Å²) >= 11 is 6.07. The third kappa shape index (κ3) is 5.33. The molecule has 0 aromatic heterocycles. The summed E-state index contributed by atoms with van der Waals surface area (Å²) < 4.78 is 33.9. The highest BCUT2D eigenvalue weighted by Gasteiger charge is 2.27. The lowest BCUT2D eigenvalue weighted by atomic mass is 10.0. The zero-order chi connectivity index (χ0) is 21.7. The first kappa shape index (κ1) is 22.6. The Kier molecular flexibility index (Phi) is 7.39. The lowest BCUT2D eigenvalue weighted by Crippen LogP contribution is -2.33. The van der Waals surface area contributed by atoms with Crippen LogP contribution in [0.25, 0.3) is 0 Å². The molecule has 2 aromatic carbocycles. The number of hydrogen-bond acceptors (Lipinski definition) is 4. The molecule has 0 spiro atoms. The van der Waals surface area contributed by atoms with Gasteiger partial charge >= 0.3 is 0 Å². The van der Waals surface area contributed by atoms with Gasteiger partial charge in [0.2, 0.25) is 10.0 Å². The summed E-state index contributed by atoms with van der Waals surface area (Å²) in [6.07, 6.45) is 4.32. The van der Waals surface area contributed by atoms with Gasteiger partial charge in [0.15, 0.2) is 0 Å². The van der Waals surface area contributed by atoms with Gasteiger partial charge in [-0.3, -0.25) is 4.79 Å². The van der Waals surface area contributed by atoms with E-state index in [4.69, 9.17) is 16.3 Å². The van der Waals surface area contributed by atoms with Crippen LogP contribution in [0, 0.1) is 0 Å². The molecule has 1 amide bonds. The zero-order valence-electron chi connectivity index (χ0n) is 17.2. The van der Waals surface area contributed by atoms with Crippen LogP contribution in [-0.4, -0.2) is 27.5 Å². The highest BCUT2D eigenvalue weighted by Crippen LogP contribution is 2.28. The molecule has 2 aromatic rings. The minimum absolute atomic E-state index is 0.0274. The first-order valence-electron chi connectivity index (χ1n) is 10.1. The predicted octanol–water partition coefficient (Wildman–Crippen LogP) is 4.45. The molecule has 0 aliphatic heterocycles. The van der Waals surface area contributed by atoms with Gasteiger partial charge in [0, 0.05) is 16.6 Å². The van der Waals surface area contributed by atoms with Gasteiger partial charge in [-0.05, 0) is 55.2 Å². The molecule has 0 saturated heterocycles. The van der Waals surface area contributed by atoms with Gasteiger partial charge in [0.1, 0.15) is 10.6 Å². The average Bonchev–Trinajstić information content (AvgIpc) is 3.23. The van der Waals surface area contributed by atoms with E-state index in [0.29, 0.717) is 11.4 Å². The van der Waals surface area contributed by atoms with Crippen molar-refractivity contribution in [2.24, 2.45) is 0 Å². The van der Waals surface area contributed by atoms with Crippen molar-refractivity contribution in [3.05, 3.63) is 58.6 Å². The number of methoxy groups -OCH3 is 1. The molecule has 3 rings (SSSR count). The van der Waals surface area contributed by atoms with Crippen molar-refractivity contribution in [2.75, 3.05) is 7.11 Å². The standard InChI is InChI=1S/C22H27ClN2O4S/c1-3-19(15-7-6-8-17(23)13-15)24-22(26)16-11-12-20(29-2)21(14-16)30(27,28)25-18-9-4-5-10-18/h6-8,11-14,18-19,25H,3-5,9-10H2,1-2H3,(H,24,26). The third-order valence-electron chi connectivity index (χ3n) is 5.36. The summed E-state index contributed by atoms with van der Waals surface area (Å²) in [5, 5.41) is 3.56. The molecular weight excluding hydrogens is 424 g/mol. The third-order valence-corrected chi connectivity index (χ3v) is 7.13. The summed E-state index contributed by atoms with van der Waals surface area (Å²) in [5.74, 6) is -0.152. The van der Waals surface area contributed by atoms with E-state index in [0.717, 1.165) is 31.2 Å². The van der Waals surface area contributed by atoms with Crippen LogP contribution >= 0.6 is 11.6 Å². The Morgan fingerprint density at radius 3 is 2.57 bits per heavy atom. The summed E-state index contributed by atoms with van der Waals surface area (Å²) in [6, 6.07) is 11.4. The van der Waals surface area contributed by atoms with Gasteiger partial charge in [-0.2, -0.15) is 0 Å². The number of rotatable bonds is 8. The molecule has 6 nitrogen and oxygen atoms in total. The molecule has 1 aliphatic rings. The second-order valence-corrected chi connectivity index (χ2v) is 9.58. The summed E-state index contributed by atoms with van der Waals surface area (Å²) in [4.78, 5) is 12.9. The van der Waals surface area contributed by atoms with E-state index < -0.39 is 10.0 Å². The molecule has 0 radical (unpaired) electrons. The molecule has 162 valence electrons. The van der Waals surface area contributed by atoms with Crippen molar-refractivity contribution in [2.45, 2.75) is 56.0 Å². The van der Waals surface area contributed by atoms with Gasteiger partial charge in [-0.25, -0.2) is 13.1 Å². The Morgan fingerprint density at radius 2 is 1.93 bits per heavy atom. The van der Waals surface area contributed by atoms with Gasteiger partial charge < -0.3 is 10.1 Å². The SMILES string of the molecule is CCC(NC(=O)c1ccc(OC)c(S(=O)(=O)NC2CCCC2)c1)c1cccc(Cl)c1. The topological polar surface area (TPSA) is 84.5 Å². The fraction of sp³-hybridized carbons (Fsp3) is 0.409. The minimum atomic E-state index is -3.81. The molecule has 2 N–H and O–H groups in total. The largest absolute Gasteiger partial charge is 0.495 e. The van der Waals surface area contributed by atoms with Crippen molar-refractivity contribution < 1.29 is 17.9 Å². The normalized spacial score (nSPS) is 15.7. The van der Waals surface area contributed by atoms with Crippen LogP contribution < -0.4 is 14.8 Å². The maximum atomic E-state index is 12.9. The van der Waals surface area contributed by atoms with Crippen LogP contribution in [0.2, 0.25) is 5.02 Å². The van der Waals surface area contributed by atoms with Crippen LogP contribution in [0.5, 0.6) is 5.75 Å². The van der Waals surface area contributed by atoms with E-state index >= 15 is 0 Å². The molecule has 1 unspecified atom stereocenters. The maximum absolute atomic E-state index is 12.9. The Labute approximate surface area is 183 Å². The summed E-state index contributed by atoms with van der Waals surface area (Å²) in [5.41, 5.74) is 1.14. The molecule has 1 saturated carbocycles. The Morgan fingerprint density at radius 1 is 1.20 bits per heavy atom.